The lowest BCUT2D eigenvalue weighted by atomic mass is 10.1. The smallest absolute Gasteiger partial charge is 0.139 e. The Hall–Kier alpha value is -0.770. The fraction of sp³-hybridized carbons (Fsp3) is 0.455. The van der Waals surface area contributed by atoms with Crippen molar-refractivity contribution >= 4 is 27.3 Å². The molecule has 0 radical (unpaired) electrons. The number of anilines is 2. The van der Waals surface area contributed by atoms with Gasteiger partial charge in [0.2, 0.25) is 0 Å². The number of nitrogen functional groups attached to an aromatic ring is 1. The molecule has 1 aromatic rings. The summed E-state index contributed by atoms with van der Waals surface area (Å²) in [7, 11) is 0. The van der Waals surface area contributed by atoms with Crippen molar-refractivity contribution in [3.63, 3.8) is 0 Å². The minimum atomic E-state index is -0.331. The molecule has 0 atom stereocenters. The fourth-order valence-electron chi connectivity index (χ4n) is 1.40. The molecule has 1 rings (SSSR count). The standard InChI is InChI=1S/C11H16BrFN2/c1-3-7(4-2)15-11-5-8(12)9(13)6-10(11)14/h5-7,15H,3-4,14H2,1-2H3. The van der Waals surface area contributed by atoms with E-state index in [2.05, 4.69) is 35.1 Å². The van der Waals surface area contributed by atoms with Crippen LogP contribution in [0.3, 0.4) is 0 Å². The van der Waals surface area contributed by atoms with Crippen molar-refractivity contribution < 1.29 is 4.39 Å². The Morgan fingerprint density at radius 3 is 2.53 bits per heavy atom. The molecule has 15 heavy (non-hydrogen) atoms. The molecule has 3 N–H and O–H groups in total. The van der Waals surface area contributed by atoms with E-state index in [-0.39, 0.29) is 5.82 Å². The van der Waals surface area contributed by atoms with Crippen LogP contribution in [0.15, 0.2) is 16.6 Å². The van der Waals surface area contributed by atoms with Crippen molar-refractivity contribution in [2.24, 2.45) is 0 Å². The van der Waals surface area contributed by atoms with Crippen LogP contribution in [0.2, 0.25) is 0 Å². The molecule has 0 bridgehead atoms. The highest BCUT2D eigenvalue weighted by Gasteiger charge is 2.09. The molecule has 0 unspecified atom stereocenters. The lowest BCUT2D eigenvalue weighted by Crippen LogP contribution is -2.18. The second kappa shape index (κ2) is 5.35. The van der Waals surface area contributed by atoms with Gasteiger partial charge in [-0.25, -0.2) is 4.39 Å². The molecule has 0 heterocycles. The van der Waals surface area contributed by atoms with Gasteiger partial charge >= 0.3 is 0 Å². The molecule has 0 saturated heterocycles. The van der Waals surface area contributed by atoms with Crippen LogP contribution in [0, 0.1) is 5.82 Å². The maximum Gasteiger partial charge on any atom is 0.139 e. The average Bonchev–Trinajstić information content (AvgIpc) is 2.21. The number of rotatable bonds is 4. The van der Waals surface area contributed by atoms with Gasteiger partial charge in [-0.1, -0.05) is 13.8 Å². The zero-order valence-corrected chi connectivity index (χ0v) is 10.6. The average molecular weight is 275 g/mol. The van der Waals surface area contributed by atoms with E-state index >= 15 is 0 Å². The van der Waals surface area contributed by atoms with Gasteiger partial charge in [-0.15, -0.1) is 0 Å². The summed E-state index contributed by atoms with van der Waals surface area (Å²) in [4.78, 5) is 0. The summed E-state index contributed by atoms with van der Waals surface area (Å²) in [5, 5.41) is 3.29. The quantitative estimate of drug-likeness (QED) is 0.821. The van der Waals surface area contributed by atoms with Crippen molar-refractivity contribution in [3.05, 3.63) is 22.4 Å². The first kappa shape index (κ1) is 12.3. The van der Waals surface area contributed by atoms with Gasteiger partial charge in [-0.3, -0.25) is 0 Å². The molecule has 0 fully saturated rings. The summed E-state index contributed by atoms with van der Waals surface area (Å²) in [5.41, 5.74) is 6.96. The summed E-state index contributed by atoms with van der Waals surface area (Å²) in [6, 6.07) is 3.39. The van der Waals surface area contributed by atoms with E-state index < -0.39 is 0 Å². The molecule has 0 amide bonds. The Morgan fingerprint density at radius 2 is 2.00 bits per heavy atom. The lowest BCUT2D eigenvalue weighted by molar-refractivity contribution is 0.621. The minimum Gasteiger partial charge on any atom is -0.397 e. The zero-order valence-electron chi connectivity index (χ0n) is 8.98. The van der Waals surface area contributed by atoms with Gasteiger partial charge < -0.3 is 11.1 Å². The van der Waals surface area contributed by atoms with Crippen molar-refractivity contribution in [1.29, 1.82) is 0 Å². The van der Waals surface area contributed by atoms with Crippen LogP contribution in [0.5, 0.6) is 0 Å². The first-order valence-electron chi connectivity index (χ1n) is 5.09. The number of hydrogen-bond donors (Lipinski definition) is 2. The van der Waals surface area contributed by atoms with Crippen LogP contribution in [0.25, 0.3) is 0 Å². The van der Waals surface area contributed by atoms with Crippen LogP contribution in [0.1, 0.15) is 26.7 Å². The van der Waals surface area contributed by atoms with Gasteiger partial charge in [0.15, 0.2) is 0 Å². The van der Waals surface area contributed by atoms with Gasteiger partial charge in [-0.2, -0.15) is 0 Å². The van der Waals surface area contributed by atoms with E-state index in [0.29, 0.717) is 16.2 Å². The number of halogens is 2. The molecule has 0 saturated carbocycles. The monoisotopic (exact) mass is 274 g/mol. The van der Waals surface area contributed by atoms with E-state index in [1.807, 2.05) is 0 Å². The van der Waals surface area contributed by atoms with Crippen LogP contribution >= 0.6 is 15.9 Å². The summed E-state index contributed by atoms with van der Waals surface area (Å²) in [6.07, 6.45) is 2.04. The largest absolute Gasteiger partial charge is 0.397 e. The zero-order chi connectivity index (χ0) is 11.4. The number of nitrogens with one attached hydrogen (secondary N) is 1. The van der Waals surface area contributed by atoms with E-state index in [1.165, 1.54) is 6.07 Å². The molecule has 4 heteroatoms. The molecule has 0 aliphatic heterocycles. The van der Waals surface area contributed by atoms with Gasteiger partial charge in [0.25, 0.3) is 0 Å². The third-order valence-electron chi connectivity index (χ3n) is 2.44. The highest BCUT2D eigenvalue weighted by molar-refractivity contribution is 9.10. The van der Waals surface area contributed by atoms with Crippen LogP contribution in [0.4, 0.5) is 15.8 Å². The minimum absolute atomic E-state index is 0.331. The van der Waals surface area contributed by atoms with Crippen LogP contribution < -0.4 is 11.1 Å². The first-order valence-corrected chi connectivity index (χ1v) is 5.88. The lowest BCUT2D eigenvalue weighted by Gasteiger charge is -2.18. The number of benzene rings is 1. The fourth-order valence-corrected chi connectivity index (χ4v) is 1.74. The Kier molecular flexibility index (Phi) is 4.39. The van der Waals surface area contributed by atoms with Crippen molar-refractivity contribution in [2.45, 2.75) is 32.7 Å². The van der Waals surface area contributed by atoms with Gasteiger partial charge in [0.05, 0.1) is 15.8 Å². The summed E-state index contributed by atoms with van der Waals surface area (Å²) < 4.78 is 13.5. The number of nitrogens with two attached hydrogens (primary N) is 1. The predicted molar refractivity (Wildman–Crippen MR) is 66.5 cm³/mol. The summed E-state index contributed by atoms with van der Waals surface area (Å²) >= 11 is 3.14. The van der Waals surface area contributed by atoms with Crippen molar-refractivity contribution in [1.82, 2.24) is 0 Å². The topological polar surface area (TPSA) is 38.0 Å². The molecular formula is C11H16BrFN2. The Balaban J connectivity index is 2.89. The van der Waals surface area contributed by atoms with E-state index in [9.17, 15) is 4.39 Å². The van der Waals surface area contributed by atoms with Gasteiger partial charge in [0, 0.05) is 12.1 Å². The van der Waals surface area contributed by atoms with Crippen molar-refractivity contribution in [2.75, 3.05) is 11.1 Å². The molecule has 0 aliphatic rings. The van der Waals surface area contributed by atoms with Crippen molar-refractivity contribution in [3.8, 4) is 0 Å². The predicted octanol–water partition coefficient (Wildman–Crippen LogP) is 3.77. The van der Waals surface area contributed by atoms with E-state index in [4.69, 9.17) is 5.73 Å². The number of hydrogen-bond acceptors (Lipinski definition) is 2. The third kappa shape index (κ3) is 3.09. The second-order valence-electron chi connectivity index (χ2n) is 3.51. The SMILES string of the molecule is CCC(CC)Nc1cc(Br)c(F)cc1N. The summed E-state index contributed by atoms with van der Waals surface area (Å²) in [6.45, 7) is 4.21. The molecule has 0 aliphatic carbocycles. The molecule has 0 aromatic heterocycles. The normalized spacial score (nSPS) is 10.7. The maximum atomic E-state index is 13.1. The second-order valence-corrected chi connectivity index (χ2v) is 4.37. The highest BCUT2D eigenvalue weighted by Crippen LogP contribution is 2.27. The molecule has 0 spiro atoms. The molecule has 84 valence electrons. The molecule has 2 nitrogen and oxygen atoms in total. The van der Waals surface area contributed by atoms with Crippen LogP contribution in [-0.2, 0) is 0 Å². The first-order chi connectivity index (χ1) is 7.08. The molecular weight excluding hydrogens is 259 g/mol. The van der Waals surface area contributed by atoms with Crippen LogP contribution in [-0.4, -0.2) is 6.04 Å². The van der Waals surface area contributed by atoms with Gasteiger partial charge in [-0.05, 0) is 34.8 Å². The Bertz CT molecular complexity index is 338. The summed E-state index contributed by atoms with van der Waals surface area (Å²) in [5.74, 6) is -0.331. The highest BCUT2D eigenvalue weighted by atomic mass is 79.9. The third-order valence-corrected chi connectivity index (χ3v) is 3.05. The van der Waals surface area contributed by atoms with E-state index in [1.54, 1.807) is 6.07 Å². The molecule has 1 aromatic carbocycles. The van der Waals surface area contributed by atoms with E-state index in [0.717, 1.165) is 18.5 Å². The Morgan fingerprint density at radius 1 is 1.40 bits per heavy atom. The maximum absolute atomic E-state index is 13.1. The van der Waals surface area contributed by atoms with Gasteiger partial charge in [0.1, 0.15) is 5.82 Å². The Labute approximate surface area is 98.2 Å².